The molecule has 0 atom stereocenters. The van der Waals surface area contributed by atoms with Gasteiger partial charge in [0.25, 0.3) is 6.20 Å². The van der Waals surface area contributed by atoms with Gasteiger partial charge < -0.3 is 4.90 Å². The number of pyridine rings is 1. The molecule has 4 aromatic rings. The molecule has 0 N–H and O–H groups in total. The number of aromatic nitrogens is 1. The highest BCUT2D eigenvalue weighted by molar-refractivity contribution is 5.88. The minimum atomic E-state index is -0.357. The number of fused-ring (bicyclic) bond motifs is 10. The van der Waals surface area contributed by atoms with Gasteiger partial charge in [0.15, 0.2) is 0 Å². The zero-order chi connectivity index (χ0) is 24.7. The molecule has 174 valence electrons. The van der Waals surface area contributed by atoms with Crippen LogP contribution < -0.4 is 4.90 Å². The fourth-order valence-electron chi connectivity index (χ4n) is 5.77. The van der Waals surface area contributed by atoms with Gasteiger partial charge in [0, 0.05) is 42.6 Å². The molecule has 0 saturated carbocycles. The van der Waals surface area contributed by atoms with E-state index in [9.17, 15) is 0 Å². The number of benzene rings is 3. The SMILES string of the molecule is CC1(C)c2ccccc2N2c3cccc(c3)-c3cccc(n3)C(C)(C)[N+]3=C=[N+](C=C3)c3ccc1c2c3. The van der Waals surface area contributed by atoms with Gasteiger partial charge in [-0.3, -0.25) is 0 Å². The summed E-state index contributed by atoms with van der Waals surface area (Å²) in [5, 5.41) is 0. The van der Waals surface area contributed by atoms with Crippen molar-refractivity contribution >= 4 is 28.8 Å². The van der Waals surface area contributed by atoms with Crippen LogP contribution >= 0.6 is 0 Å². The summed E-state index contributed by atoms with van der Waals surface area (Å²) in [5.74, 6) is 0. The summed E-state index contributed by atoms with van der Waals surface area (Å²) >= 11 is 0. The Kier molecular flexibility index (Phi) is 4.17. The van der Waals surface area contributed by atoms with Crippen molar-refractivity contribution in [1.29, 1.82) is 0 Å². The fraction of sp³-hybridized carbons (Fsp3) is 0.188. The van der Waals surface area contributed by atoms with E-state index >= 15 is 0 Å². The van der Waals surface area contributed by atoms with Gasteiger partial charge >= 0.3 is 6.01 Å². The third-order valence-electron chi connectivity index (χ3n) is 7.95. The van der Waals surface area contributed by atoms with E-state index < -0.39 is 0 Å². The Balaban J connectivity index is 1.60. The molecule has 3 aromatic carbocycles. The van der Waals surface area contributed by atoms with Gasteiger partial charge in [0.05, 0.1) is 17.1 Å². The average Bonchev–Trinajstić information content (AvgIpc) is 3.40. The van der Waals surface area contributed by atoms with E-state index in [1.54, 1.807) is 0 Å². The van der Waals surface area contributed by atoms with Crippen LogP contribution in [0, 0.1) is 0 Å². The average molecular weight is 469 g/mol. The predicted octanol–water partition coefficient (Wildman–Crippen LogP) is 7.42. The van der Waals surface area contributed by atoms with Crippen molar-refractivity contribution in [2.75, 3.05) is 4.90 Å². The van der Waals surface area contributed by atoms with Crippen LogP contribution in [0.5, 0.6) is 0 Å². The van der Waals surface area contributed by atoms with Crippen molar-refractivity contribution in [1.82, 2.24) is 4.98 Å². The first-order valence-corrected chi connectivity index (χ1v) is 12.5. The van der Waals surface area contributed by atoms with Crippen molar-refractivity contribution < 1.29 is 9.15 Å². The van der Waals surface area contributed by atoms with Gasteiger partial charge in [-0.15, -0.1) is 0 Å². The molecule has 0 unspecified atom stereocenters. The molecule has 7 rings (SSSR count). The maximum atomic E-state index is 5.13. The lowest BCUT2D eigenvalue weighted by atomic mass is 9.73. The lowest BCUT2D eigenvalue weighted by Crippen LogP contribution is -2.31. The van der Waals surface area contributed by atoms with E-state index in [1.807, 2.05) is 0 Å². The summed E-state index contributed by atoms with van der Waals surface area (Å²) in [4.78, 5) is 7.53. The summed E-state index contributed by atoms with van der Waals surface area (Å²) in [5.41, 5.74) is 9.85. The molecule has 4 nitrogen and oxygen atoms in total. The van der Waals surface area contributed by atoms with Crippen molar-refractivity contribution in [2.45, 2.75) is 38.6 Å². The molecule has 3 aliphatic rings. The van der Waals surface area contributed by atoms with Gasteiger partial charge in [-0.25, -0.2) is 4.98 Å². The molecule has 4 heteroatoms. The molecule has 36 heavy (non-hydrogen) atoms. The number of anilines is 3. The summed E-state index contributed by atoms with van der Waals surface area (Å²) in [6.45, 7) is 9.03. The fourth-order valence-corrected chi connectivity index (χ4v) is 5.77. The minimum absolute atomic E-state index is 0.123. The highest BCUT2D eigenvalue weighted by atomic mass is 15.2. The molecule has 0 saturated heterocycles. The van der Waals surface area contributed by atoms with Crippen LogP contribution in [0.3, 0.4) is 0 Å². The summed E-state index contributed by atoms with van der Waals surface area (Å²) in [6, 6.07) is 34.2. The Bertz CT molecular complexity index is 1680. The van der Waals surface area contributed by atoms with Gasteiger partial charge in [-0.2, -0.15) is 0 Å². The second-order valence-corrected chi connectivity index (χ2v) is 10.8. The van der Waals surface area contributed by atoms with Gasteiger partial charge in [-0.1, -0.05) is 59.4 Å². The Morgan fingerprint density at radius 1 is 0.750 bits per heavy atom. The van der Waals surface area contributed by atoms with Crippen LogP contribution in [0.4, 0.5) is 22.7 Å². The van der Waals surface area contributed by atoms with Crippen molar-refractivity contribution in [3.05, 3.63) is 114 Å². The predicted molar refractivity (Wildman–Crippen MR) is 144 cm³/mol. The number of hydrogen-bond donors (Lipinski definition) is 0. The normalized spacial score (nSPS) is 17.6. The number of nitrogens with zero attached hydrogens (tertiary/aromatic N) is 4. The smallest absolute Gasteiger partial charge is 0.310 e. The molecule has 0 spiro atoms. The first kappa shape index (κ1) is 21.0. The van der Waals surface area contributed by atoms with Crippen LogP contribution in [0.1, 0.15) is 44.5 Å². The van der Waals surface area contributed by atoms with E-state index in [2.05, 4.69) is 145 Å². The highest BCUT2D eigenvalue weighted by Gasteiger charge is 2.41. The summed E-state index contributed by atoms with van der Waals surface area (Å²) < 4.78 is 4.21. The van der Waals surface area contributed by atoms with E-state index in [1.165, 1.54) is 22.5 Å². The maximum Gasteiger partial charge on any atom is 0.496 e. The first-order valence-electron chi connectivity index (χ1n) is 12.5. The molecule has 0 fully saturated rings. The van der Waals surface area contributed by atoms with E-state index in [-0.39, 0.29) is 11.0 Å². The van der Waals surface area contributed by atoms with E-state index in [0.29, 0.717) is 0 Å². The summed E-state index contributed by atoms with van der Waals surface area (Å²) in [6.07, 6.45) is 4.17. The second-order valence-electron chi connectivity index (χ2n) is 10.8. The van der Waals surface area contributed by atoms with Crippen LogP contribution in [-0.2, 0) is 11.0 Å². The Labute approximate surface area is 211 Å². The van der Waals surface area contributed by atoms with Gasteiger partial charge in [-0.05, 0) is 47.5 Å². The van der Waals surface area contributed by atoms with Crippen LogP contribution in [0.15, 0.2) is 97.3 Å². The zero-order valence-electron chi connectivity index (χ0n) is 21.0. The second kappa shape index (κ2) is 7.13. The first-order chi connectivity index (χ1) is 17.3. The lowest BCUT2D eigenvalue weighted by Gasteiger charge is -2.42. The van der Waals surface area contributed by atoms with Gasteiger partial charge in [0.1, 0.15) is 5.69 Å². The molecule has 3 aliphatic heterocycles. The molecule has 0 amide bonds. The molecular formula is C32H28N4+2. The number of hydrogen-bond acceptors (Lipinski definition) is 2. The Hall–Kier alpha value is -4.27. The quantitative estimate of drug-likeness (QED) is 0.251. The Morgan fingerprint density at radius 2 is 1.56 bits per heavy atom. The topological polar surface area (TPSA) is 22.1 Å². The summed E-state index contributed by atoms with van der Waals surface area (Å²) in [7, 11) is 0. The molecule has 0 radical (unpaired) electrons. The van der Waals surface area contributed by atoms with E-state index in [0.717, 1.165) is 28.3 Å². The molecule has 8 bridgehead atoms. The third kappa shape index (κ3) is 2.85. The van der Waals surface area contributed by atoms with Crippen molar-refractivity contribution in [3.63, 3.8) is 0 Å². The number of para-hydroxylation sites is 1. The van der Waals surface area contributed by atoms with Crippen LogP contribution in [0.25, 0.3) is 11.3 Å². The minimum Gasteiger partial charge on any atom is -0.310 e. The zero-order valence-corrected chi connectivity index (χ0v) is 21.0. The molecule has 0 aliphatic carbocycles. The molecule has 1 aromatic heterocycles. The van der Waals surface area contributed by atoms with Crippen molar-refractivity contribution in [2.24, 2.45) is 0 Å². The van der Waals surface area contributed by atoms with Gasteiger partial charge in [0.2, 0.25) is 17.4 Å². The maximum absolute atomic E-state index is 5.13. The third-order valence-corrected chi connectivity index (χ3v) is 7.95. The van der Waals surface area contributed by atoms with Crippen LogP contribution in [0.2, 0.25) is 0 Å². The van der Waals surface area contributed by atoms with E-state index in [4.69, 9.17) is 4.98 Å². The van der Waals surface area contributed by atoms with Crippen molar-refractivity contribution in [3.8, 4) is 11.3 Å². The monoisotopic (exact) mass is 468 g/mol. The Morgan fingerprint density at radius 3 is 2.44 bits per heavy atom. The highest BCUT2D eigenvalue weighted by Crippen LogP contribution is 2.52. The van der Waals surface area contributed by atoms with Crippen LogP contribution in [-0.4, -0.2) is 20.1 Å². The molecular weight excluding hydrogens is 440 g/mol. The molecule has 4 heterocycles. The number of rotatable bonds is 0. The lowest BCUT2D eigenvalue weighted by molar-refractivity contribution is -0.548. The largest absolute Gasteiger partial charge is 0.496 e. The standard InChI is InChI=1S/C32H28N4/c1-31(2)25-11-5-6-13-28(25)36-24-10-7-9-22(19-24)27-12-8-14-30(33-27)32(3,4)35-18-17-34(21-35)23-15-16-26(31)29(36)20-23/h5-20H,1-4H3/q+2.